The molecule has 0 saturated carbocycles. The number of benzene rings is 2. The predicted octanol–water partition coefficient (Wildman–Crippen LogP) is 2.49. The summed E-state index contributed by atoms with van der Waals surface area (Å²) in [4.78, 5) is 38.8. The molecule has 0 unspecified atom stereocenters. The minimum Gasteiger partial charge on any atom is -0.495 e. The fourth-order valence-corrected chi connectivity index (χ4v) is 3.30. The van der Waals surface area contributed by atoms with Crippen molar-refractivity contribution in [2.45, 2.75) is 6.42 Å². The number of Topliss-reactive ketones (excluding diaryl/α,β-unsaturated/α-hetero) is 1. The van der Waals surface area contributed by atoms with Crippen LogP contribution in [-0.2, 0) is 14.3 Å². The average molecular weight is 413 g/mol. The molecule has 0 bridgehead atoms. The van der Waals surface area contributed by atoms with Gasteiger partial charge in [-0.2, -0.15) is 0 Å². The molecule has 0 aliphatic carbocycles. The summed E-state index contributed by atoms with van der Waals surface area (Å²) < 4.78 is 20.8. The Hall–Kier alpha value is -3.55. The zero-order valence-electron chi connectivity index (χ0n) is 17.0. The lowest BCUT2D eigenvalue weighted by molar-refractivity contribution is -0.147. The molecule has 1 aliphatic heterocycles. The number of esters is 1. The molecule has 0 N–H and O–H groups in total. The number of ketones is 1. The maximum atomic E-state index is 12.5. The highest BCUT2D eigenvalue weighted by molar-refractivity contribution is 6.01. The van der Waals surface area contributed by atoms with Crippen molar-refractivity contribution in [2.24, 2.45) is 5.92 Å². The van der Waals surface area contributed by atoms with Crippen molar-refractivity contribution >= 4 is 23.3 Å². The lowest BCUT2D eigenvalue weighted by Crippen LogP contribution is -2.27. The summed E-state index contributed by atoms with van der Waals surface area (Å²) in [7, 11) is 4.49. The molecule has 1 aliphatic rings. The highest BCUT2D eigenvalue weighted by Gasteiger charge is 2.37. The third-order valence-electron chi connectivity index (χ3n) is 4.89. The summed E-state index contributed by atoms with van der Waals surface area (Å²) in [6.07, 6.45) is 0.0153. The average Bonchev–Trinajstić information content (AvgIpc) is 3.18. The Balaban J connectivity index is 1.62. The van der Waals surface area contributed by atoms with Crippen molar-refractivity contribution in [2.75, 3.05) is 39.4 Å². The Kier molecular flexibility index (Phi) is 6.56. The van der Waals surface area contributed by atoms with Crippen LogP contribution in [0, 0.1) is 5.92 Å². The quantitative estimate of drug-likeness (QED) is 0.485. The Morgan fingerprint density at radius 1 is 0.967 bits per heavy atom. The molecule has 0 radical (unpaired) electrons. The van der Waals surface area contributed by atoms with Crippen LogP contribution in [0.3, 0.4) is 0 Å². The van der Waals surface area contributed by atoms with Crippen molar-refractivity contribution < 1.29 is 33.3 Å². The van der Waals surface area contributed by atoms with Crippen LogP contribution in [0.15, 0.2) is 42.5 Å². The van der Waals surface area contributed by atoms with Gasteiger partial charge < -0.3 is 23.8 Å². The monoisotopic (exact) mass is 413 g/mol. The van der Waals surface area contributed by atoms with Crippen molar-refractivity contribution in [1.82, 2.24) is 0 Å². The zero-order valence-corrected chi connectivity index (χ0v) is 17.0. The smallest absolute Gasteiger partial charge is 0.311 e. The van der Waals surface area contributed by atoms with Crippen LogP contribution in [0.4, 0.5) is 5.69 Å². The molecule has 1 saturated heterocycles. The fourth-order valence-electron chi connectivity index (χ4n) is 3.30. The van der Waals surface area contributed by atoms with Crippen molar-refractivity contribution in [3.63, 3.8) is 0 Å². The highest BCUT2D eigenvalue weighted by atomic mass is 16.5. The van der Waals surface area contributed by atoms with E-state index in [1.54, 1.807) is 36.4 Å². The number of hydrogen-bond donors (Lipinski definition) is 0. The molecular weight excluding hydrogens is 390 g/mol. The topological polar surface area (TPSA) is 91.4 Å². The molecule has 2 aromatic carbocycles. The number of amides is 1. The maximum absolute atomic E-state index is 12.5. The maximum Gasteiger partial charge on any atom is 0.311 e. The molecule has 30 heavy (non-hydrogen) atoms. The molecule has 1 fully saturated rings. The van der Waals surface area contributed by atoms with Crippen LogP contribution in [0.1, 0.15) is 16.8 Å². The number of hydrogen-bond acceptors (Lipinski definition) is 7. The van der Waals surface area contributed by atoms with Gasteiger partial charge in [0, 0.05) is 18.5 Å². The third-order valence-corrected chi connectivity index (χ3v) is 4.89. The molecular formula is C22H23NO7. The lowest BCUT2D eigenvalue weighted by Gasteiger charge is -2.19. The van der Waals surface area contributed by atoms with Gasteiger partial charge in [-0.3, -0.25) is 14.4 Å². The van der Waals surface area contributed by atoms with Crippen molar-refractivity contribution in [1.29, 1.82) is 0 Å². The van der Waals surface area contributed by atoms with Gasteiger partial charge in [-0.05, 0) is 30.3 Å². The number of ether oxygens (including phenoxy) is 4. The van der Waals surface area contributed by atoms with E-state index in [9.17, 15) is 14.4 Å². The lowest BCUT2D eigenvalue weighted by atomic mass is 10.1. The second kappa shape index (κ2) is 9.30. The van der Waals surface area contributed by atoms with E-state index in [4.69, 9.17) is 18.9 Å². The summed E-state index contributed by atoms with van der Waals surface area (Å²) in [5.74, 6) is -0.378. The van der Waals surface area contributed by atoms with E-state index < -0.39 is 18.5 Å². The van der Waals surface area contributed by atoms with Crippen LogP contribution < -0.4 is 19.1 Å². The second-order valence-corrected chi connectivity index (χ2v) is 6.68. The molecule has 0 aromatic heterocycles. The molecule has 1 atom stereocenters. The van der Waals surface area contributed by atoms with Gasteiger partial charge >= 0.3 is 5.97 Å². The minimum absolute atomic E-state index is 0.0153. The highest BCUT2D eigenvalue weighted by Crippen LogP contribution is 2.33. The van der Waals surface area contributed by atoms with Gasteiger partial charge in [-0.25, -0.2) is 0 Å². The van der Waals surface area contributed by atoms with Gasteiger partial charge in [0.2, 0.25) is 5.91 Å². The minimum atomic E-state index is -0.652. The van der Waals surface area contributed by atoms with Crippen LogP contribution in [-0.4, -0.2) is 52.1 Å². The van der Waals surface area contributed by atoms with E-state index in [2.05, 4.69) is 0 Å². The van der Waals surface area contributed by atoms with Crippen LogP contribution >= 0.6 is 0 Å². The van der Waals surface area contributed by atoms with Crippen LogP contribution in [0.5, 0.6) is 17.2 Å². The molecule has 3 rings (SSSR count). The van der Waals surface area contributed by atoms with E-state index in [0.29, 0.717) is 28.5 Å². The third kappa shape index (κ3) is 4.37. The first-order valence-corrected chi connectivity index (χ1v) is 9.33. The first-order chi connectivity index (χ1) is 14.5. The Bertz CT molecular complexity index is 956. The van der Waals surface area contributed by atoms with Crippen molar-refractivity contribution in [3.8, 4) is 17.2 Å². The van der Waals surface area contributed by atoms with Gasteiger partial charge in [0.05, 0.1) is 32.9 Å². The number of carbonyl (C=O) groups excluding carboxylic acids is 3. The number of nitrogens with zero attached hydrogens (tertiary/aromatic N) is 1. The number of rotatable bonds is 8. The van der Waals surface area contributed by atoms with Gasteiger partial charge in [-0.1, -0.05) is 12.1 Å². The Morgan fingerprint density at radius 2 is 1.67 bits per heavy atom. The normalized spacial score (nSPS) is 15.6. The van der Waals surface area contributed by atoms with Crippen molar-refractivity contribution in [3.05, 3.63) is 48.0 Å². The first kappa shape index (κ1) is 21.2. The number of para-hydroxylation sites is 2. The van der Waals surface area contributed by atoms with Gasteiger partial charge in [0.1, 0.15) is 5.75 Å². The molecule has 2 aromatic rings. The molecule has 1 amide bonds. The zero-order chi connectivity index (χ0) is 21.7. The van der Waals surface area contributed by atoms with E-state index in [1.807, 2.05) is 0 Å². The SMILES string of the molecule is COc1ccc(C(=O)COC(=O)[C@H]2CC(=O)N(c3ccccc3OC)C2)cc1OC. The second-order valence-electron chi connectivity index (χ2n) is 6.68. The predicted molar refractivity (Wildman–Crippen MR) is 108 cm³/mol. The Morgan fingerprint density at radius 3 is 2.37 bits per heavy atom. The van der Waals surface area contributed by atoms with E-state index in [0.717, 1.165) is 0 Å². The number of carbonyl (C=O) groups is 3. The molecule has 8 nitrogen and oxygen atoms in total. The summed E-state index contributed by atoms with van der Waals surface area (Å²) in [5, 5.41) is 0. The summed E-state index contributed by atoms with van der Waals surface area (Å²) >= 11 is 0. The van der Waals surface area contributed by atoms with Crippen LogP contribution in [0.25, 0.3) is 0 Å². The number of methoxy groups -OCH3 is 3. The van der Waals surface area contributed by atoms with Gasteiger partial charge in [0.15, 0.2) is 23.9 Å². The summed E-state index contributed by atoms with van der Waals surface area (Å²) in [5.41, 5.74) is 0.931. The number of anilines is 1. The summed E-state index contributed by atoms with van der Waals surface area (Å²) in [6, 6.07) is 11.8. The van der Waals surface area contributed by atoms with E-state index in [1.165, 1.54) is 32.3 Å². The van der Waals surface area contributed by atoms with E-state index >= 15 is 0 Å². The van der Waals surface area contributed by atoms with Crippen LogP contribution in [0.2, 0.25) is 0 Å². The standard InChI is InChI=1S/C22H23NO7/c1-27-18-7-5-4-6-16(18)23-12-15(11-21(23)25)22(26)30-13-17(24)14-8-9-19(28-2)20(10-14)29-3/h4-10,15H,11-13H2,1-3H3/t15-/m0/s1. The van der Waals surface area contributed by atoms with Gasteiger partial charge in [0.25, 0.3) is 0 Å². The van der Waals surface area contributed by atoms with Gasteiger partial charge in [-0.15, -0.1) is 0 Å². The molecule has 0 spiro atoms. The fraction of sp³-hybridized carbons (Fsp3) is 0.318. The van der Waals surface area contributed by atoms with E-state index in [-0.39, 0.29) is 24.7 Å². The first-order valence-electron chi connectivity index (χ1n) is 9.33. The Labute approximate surface area is 174 Å². The molecule has 1 heterocycles. The molecule has 158 valence electrons. The largest absolute Gasteiger partial charge is 0.495 e. The summed E-state index contributed by atoms with van der Waals surface area (Å²) in [6.45, 7) is -0.254. The molecule has 8 heteroatoms.